The monoisotopic (exact) mass is 213 g/mol. The number of hydrogen-bond acceptors (Lipinski definition) is 2. The lowest BCUT2D eigenvalue weighted by molar-refractivity contribution is 0.0599. The highest BCUT2D eigenvalue weighted by Gasteiger charge is 2.21. The number of amides is 1. The molecule has 3 nitrogen and oxygen atoms in total. The van der Waals surface area contributed by atoms with Gasteiger partial charge in [-0.25, -0.2) is 4.79 Å². The third kappa shape index (κ3) is 4.10. The van der Waals surface area contributed by atoms with E-state index in [2.05, 4.69) is 13.8 Å². The summed E-state index contributed by atoms with van der Waals surface area (Å²) in [6.07, 6.45) is 6.44. The Morgan fingerprint density at radius 2 is 1.73 bits per heavy atom. The molecule has 0 saturated carbocycles. The molecule has 0 spiro atoms. The summed E-state index contributed by atoms with van der Waals surface area (Å²) in [7, 11) is 0. The molecular formula is C12H23NO2. The highest BCUT2D eigenvalue weighted by molar-refractivity contribution is 5.68. The average molecular weight is 213 g/mol. The van der Waals surface area contributed by atoms with E-state index in [1.165, 1.54) is 0 Å². The highest BCUT2D eigenvalue weighted by Crippen LogP contribution is 2.14. The fourth-order valence-electron chi connectivity index (χ4n) is 2.02. The summed E-state index contributed by atoms with van der Waals surface area (Å²) >= 11 is 0. The van der Waals surface area contributed by atoms with Gasteiger partial charge in [0.05, 0.1) is 0 Å². The van der Waals surface area contributed by atoms with E-state index in [0.29, 0.717) is 0 Å². The quantitative estimate of drug-likeness (QED) is 0.702. The van der Waals surface area contributed by atoms with Crippen molar-refractivity contribution in [2.24, 2.45) is 0 Å². The zero-order valence-corrected chi connectivity index (χ0v) is 10.00. The Bertz CT molecular complexity index is 182. The Morgan fingerprint density at radius 3 is 2.20 bits per heavy atom. The van der Waals surface area contributed by atoms with Gasteiger partial charge in [-0.1, -0.05) is 26.7 Å². The second-order valence-corrected chi connectivity index (χ2v) is 4.28. The van der Waals surface area contributed by atoms with Crippen molar-refractivity contribution in [2.45, 2.75) is 58.5 Å². The Morgan fingerprint density at radius 1 is 1.20 bits per heavy atom. The van der Waals surface area contributed by atoms with Crippen LogP contribution in [0.25, 0.3) is 0 Å². The van der Waals surface area contributed by atoms with Crippen LogP contribution >= 0.6 is 0 Å². The van der Waals surface area contributed by atoms with Gasteiger partial charge in [0, 0.05) is 13.1 Å². The zero-order chi connectivity index (χ0) is 11.1. The number of nitrogens with zero attached hydrogens (tertiary/aromatic N) is 1. The van der Waals surface area contributed by atoms with Crippen molar-refractivity contribution in [1.29, 1.82) is 0 Å². The van der Waals surface area contributed by atoms with Crippen LogP contribution in [0, 0.1) is 0 Å². The predicted molar refractivity (Wildman–Crippen MR) is 60.9 cm³/mol. The van der Waals surface area contributed by atoms with Crippen LogP contribution in [0.2, 0.25) is 0 Å². The molecule has 1 fully saturated rings. The van der Waals surface area contributed by atoms with Gasteiger partial charge in [-0.05, 0) is 25.7 Å². The average Bonchev–Trinajstić information content (AvgIpc) is 2.71. The van der Waals surface area contributed by atoms with Crippen LogP contribution in [-0.4, -0.2) is 30.2 Å². The van der Waals surface area contributed by atoms with E-state index < -0.39 is 0 Å². The first-order valence-electron chi connectivity index (χ1n) is 6.23. The summed E-state index contributed by atoms with van der Waals surface area (Å²) in [6.45, 7) is 6.02. The molecular weight excluding hydrogens is 190 g/mol. The molecule has 3 heteroatoms. The van der Waals surface area contributed by atoms with E-state index in [4.69, 9.17) is 4.74 Å². The van der Waals surface area contributed by atoms with Crippen molar-refractivity contribution >= 4 is 6.09 Å². The number of likely N-dealkylation sites (tertiary alicyclic amines) is 1. The van der Waals surface area contributed by atoms with Gasteiger partial charge in [0.15, 0.2) is 0 Å². The molecule has 0 aromatic carbocycles. The van der Waals surface area contributed by atoms with E-state index in [1.54, 1.807) is 0 Å². The van der Waals surface area contributed by atoms with Crippen LogP contribution < -0.4 is 0 Å². The minimum Gasteiger partial charge on any atom is -0.446 e. The fourth-order valence-corrected chi connectivity index (χ4v) is 2.02. The maximum Gasteiger partial charge on any atom is 0.410 e. The molecule has 0 aromatic rings. The fraction of sp³-hybridized carbons (Fsp3) is 0.917. The van der Waals surface area contributed by atoms with E-state index in [-0.39, 0.29) is 12.2 Å². The molecule has 0 aromatic heterocycles. The van der Waals surface area contributed by atoms with Crippen LogP contribution in [0.4, 0.5) is 4.79 Å². The van der Waals surface area contributed by atoms with Gasteiger partial charge in [-0.2, -0.15) is 0 Å². The first-order chi connectivity index (χ1) is 7.27. The lowest BCUT2D eigenvalue weighted by Gasteiger charge is -2.21. The zero-order valence-electron chi connectivity index (χ0n) is 10.00. The van der Waals surface area contributed by atoms with Gasteiger partial charge in [-0.15, -0.1) is 0 Å². The van der Waals surface area contributed by atoms with E-state index in [1.807, 2.05) is 4.90 Å². The smallest absolute Gasteiger partial charge is 0.410 e. The SMILES string of the molecule is CCCC(CCC)OC(=O)N1CCCC1. The molecule has 15 heavy (non-hydrogen) atoms. The largest absolute Gasteiger partial charge is 0.446 e. The van der Waals surface area contributed by atoms with Gasteiger partial charge >= 0.3 is 6.09 Å². The molecule has 0 radical (unpaired) electrons. The maximum atomic E-state index is 11.7. The molecule has 0 N–H and O–H groups in total. The van der Waals surface area contributed by atoms with Crippen LogP contribution in [0.5, 0.6) is 0 Å². The third-order valence-electron chi connectivity index (χ3n) is 2.85. The number of carbonyl (C=O) groups excluding carboxylic acids is 1. The minimum atomic E-state index is -0.0978. The first-order valence-corrected chi connectivity index (χ1v) is 6.23. The Hall–Kier alpha value is -0.730. The molecule has 0 unspecified atom stereocenters. The van der Waals surface area contributed by atoms with E-state index in [9.17, 15) is 4.79 Å². The molecule has 0 aliphatic carbocycles. The van der Waals surface area contributed by atoms with Gasteiger partial charge in [-0.3, -0.25) is 0 Å². The van der Waals surface area contributed by atoms with E-state index in [0.717, 1.165) is 51.6 Å². The number of hydrogen-bond donors (Lipinski definition) is 0. The molecule has 1 saturated heterocycles. The number of ether oxygens (including phenoxy) is 1. The molecule has 0 atom stereocenters. The summed E-state index contributed by atoms with van der Waals surface area (Å²) in [5.74, 6) is 0. The molecule has 1 rings (SSSR count). The summed E-state index contributed by atoms with van der Waals surface area (Å²) in [5, 5.41) is 0. The molecule has 1 aliphatic rings. The number of carbonyl (C=O) groups is 1. The normalized spacial score (nSPS) is 16.1. The number of rotatable bonds is 5. The van der Waals surface area contributed by atoms with Gasteiger partial charge in [0.2, 0.25) is 0 Å². The van der Waals surface area contributed by atoms with Crippen LogP contribution in [0.15, 0.2) is 0 Å². The van der Waals surface area contributed by atoms with Gasteiger partial charge in [0.25, 0.3) is 0 Å². The van der Waals surface area contributed by atoms with Crippen LogP contribution in [-0.2, 0) is 4.74 Å². The summed E-state index contributed by atoms with van der Waals surface area (Å²) < 4.78 is 5.50. The third-order valence-corrected chi connectivity index (χ3v) is 2.85. The maximum absolute atomic E-state index is 11.7. The molecule has 1 aliphatic heterocycles. The molecule has 0 bridgehead atoms. The lowest BCUT2D eigenvalue weighted by Crippen LogP contribution is -2.31. The van der Waals surface area contributed by atoms with Crippen LogP contribution in [0.1, 0.15) is 52.4 Å². The predicted octanol–water partition coefficient (Wildman–Crippen LogP) is 3.19. The van der Waals surface area contributed by atoms with Crippen LogP contribution in [0.3, 0.4) is 0 Å². The standard InChI is InChI=1S/C12H23NO2/c1-3-7-11(8-4-2)15-12(14)13-9-5-6-10-13/h11H,3-10H2,1-2H3. The van der Waals surface area contributed by atoms with Gasteiger partial charge < -0.3 is 9.64 Å². The van der Waals surface area contributed by atoms with Gasteiger partial charge in [0.1, 0.15) is 6.10 Å². The summed E-state index contributed by atoms with van der Waals surface area (Å²) in [5.41, 5.74) is 0. The van der Waals surface area contributed by atoms with Crippen molar-refractivity contribution in [2.75, 3.05) is 13.1 Å². The minimum absolute atomic E-state index is 0.0978. The topological polar surface area (TPSA) is 29.5 Å². The van der Waals surface area contributed by atoms with Crippen molar-refractivity contribution in [1.82, 2.24) is 4.90 Å². The van der Waals surface area contributed by atoms with Crippen molar-refractivity contribution < 1.29 is 9.53 Å². The highest BCUT2D eigenvalue weighted by atomic mass is 16.6. The summed E-state index contributed by atoms with van der Waals surface area (Å²) in [4.78, 5) is 13.5. The van der Waals surface area contributed by atoms with Crippen molar-refractivity contribution in [3.8, 4) is 0 Å². The summed E-state index contributed by atoms with van der Waals surface area (Å²) in [6, 6.07) is 0. The second kappa shape index (κ2) is 6.70. The second-order valence-electron chi connectivity index (χ2n) is 4.28. The Balaban J connectivity index is 2.31. The molecule has 88 valence electrons. The Labute approximate surface area is 92.8 Å². The van der Waals surface area contributed by atoms with E-state index >= 15 is 0 Å². The van der Waals surface area contributed by atoms with Crippen molar-refractivity contribution in [3.63, 3.8) is 0 Å². The molecule has 1 heterocycles. The molecule has 1 amide bonds. The Kier molecular flexibility index (Phi) is 5.51. The lowest BCUT2D eigenvalue weighted by atomic mass is 10.1. The first kappa shape index (κ1) is 12.3. The van der Waals surface area contributed by atoms with Crippen molar-refractivity contribution in [3.05, 3.63) is 0 Å².